The van der Waals surface area contributed by atoms with Crippen LogP contribution in [0.2, 0.25) is 0 Å². The standard InChI is InChI=1S/C17H26N2/c1-14(16-8-9-16)19-11-5-10-18-17(13-19)12-15-6-3-2-4-7-15/h2-4,6-7,14,16-18H,5,8-13H2,1H3. The minimum atomic E-state index is 0.617. The molecule has 2 atom stereocenters. The van der Waals surface area contributed by atoms with Crippen molar-refractivity contribution >= 4 is 0 Å². The van der Waals surface area contributed by atoms with E-state index in [9.17, 15) is 0 Å². The van der Waals surface area contributed by atoms with Crippen LogP contribution in [0.3, 0.4) is 0 Å². The van der Waals surface area contributed by atoms with E-state index in [0.29, 0.717) is 6.04 Å². The summed E-state index contributed by atoms with van der Waals surface area (Å²) in [6, 6.07) is 12.3. The molecule has 2 unspecified atom stereocenters. The first-order chi connectivity index (χ1) is 9.33. The lowest BCUT2D eigenvalue weighted by atomic mass is 10.0. The fourth-order valence-corrected chi connectivity index (χ4v) is 3.31. The van der Waals surface area contributed by atoms with Gasteiger partial charge in [0.15, 0.2) is 0 Å². The summed E-state index contributed by atoms with van der Waals surface area (Å²) < 4.78 is 0. The van der Waals surface area contributed by atoms with E-state index in [1.54, 1.807) is 0 Å². The van der Waals surface area contributed by atoms with Crippen LogP contribution in [-0.4, -0.2) is 36.6 Å². The Bertz CT molecular complexity index is 386. The predicted molar refractivity (Wildman–Crippen MR) is 80.3 cm³/mol. The number of benzene rings is 1. The third kappa shape index (κ3) is 3.58. The van der Waals surface area contributed by atoms with Crippen molar-refractivity contribution in [3.05, 3.63) is 35.9 Å². The second-order valence-corrected chi connectivity index (χ2v) is 6.27. The highest BCUT2D eigenvalue weighted by atomic mass is 15.2. The zero-order chi connectivity index (χ0) is 13.1. The number of hydrogen-bond acceptors (Lipinski definition) is 2. The lowest BCUT2D eigenvalue weighted by molar-refractivity contribution is 0.186. The quantitative estimate of drug-likeness (QED) is 0.893. The molecular weight excluding hydrogens is 232 g/mol. The van der Waals surface area contributed by atoms with Crippen LogP contribution in [0.25, 0.3) is 0 Å². The van der Waals surface area contributed by atoms with Crippen molar-refractivity contribution in [2.45, 2.75) is 44.7 Å². The molecule has 1 aliphatic carbocycles. The van der Waals surface area contributed by atoms with Crippen molar-refractivity contribution in [2.75, 3.05) is 19.6 Å². The molecule has 1 saturated heterocycles. The maximum Gasteiger partial charge on any atom is 0.0235 e. The van der Waals surface area contributed by atoms with Crippen LogP contribution in [-0.2, 0) is 6.42 Å². The van der Waals surface area contributed by atoms with Gasteiger partial charge in [0, 0.05) is 18.6 Å². The van der Waals surface area contributed by atoms with Crippen LogP contribution in [0, 0.1) is 5.92 Å². The highest BCUT2D eigenvalue weighted by Crippen LogP contribution is 2.35. The molecule has 2 aliphatic rings. The molecule has 1 N–H and O–H groups in total. The van der Waals surface area contributed by atoms with Gasteiger partial charge in [0.25, 0.3) is 0 Å². The van der Waals surface area contributed by atoms with Crippen molar-refractivity contribution < 1.29 is 0 Å². The molecule has 0 amide bonds. The fourth-order valence-electron chi connectivity index (χ4n) is 3.31. The molecule has 0 bridgehead atoms. The second kappa shape index (κ2) is 6.06. The third-order valence-corrected chi connectivity index (χ3v) is 4.72. The molecule has 2 nitrogen and oxygen atoms in total. The zero-order valence-electron chi connectivity index (χ0n) is 12.0. The van der Waals surface area contributed by atoms with E-state index < -0.39 is 0 Å². The SMILES string of the molecule is CC(C1CC1)N1CCCNC(Cc2ccccc2)C1. The Morgan fingerprint density at radius 3 is 2.79 bits per heavy atom. The van der Waals surface area contributed by atoms with Gasteiger partial charge in [0.2, 0.25) is 0 Å². The van der Waals surface area contributed by atoms with Crippen LogP contribution < -0.4 is 5.32 Å². The van der Waals surface area contributed by atoms with Gasteiger partial charge >= 0.3 is 0 Å². The van der Waals surface area contributed by atoms with E-state index >= 15 is 0 Å². The largest absolute Gasteiger partial charge is 0.312 e. The average molecular weight is 258 g/mol. The number of rotatable bonds is 4. The molecule has 104 valence electrons. The Balaban J connectivity index is 1.60. The summed E-state index contributed by atoms with van der Waals surface area (Å²) >= 11 is 0. The van der Waals surface area contributed by atoms with Gasteiger partial charge in [-0.1, -0.05) is 30.3 Å². The minimum absolute atomic E-state index is 0.617. The summed E-state index contributed by atoms with van der Waals surface area (Å²) in [4.78, 5) is 2.73. The van der Waals surface area contributed by atoms with E-state index in [0.717, 1.165) is 18.4 Å². The predicted octanol–water partition coefficient (Wildman–Crippen LogP) is 2.69. The first-order valence-electron chi connectivity index (χ1n) is 7.84. The van der Waals surface area contributed by atoms with Crippen molar-refractivity contribution in [3.8, 4) is 0 Å². The van der Waals surface area contributed by atoms with E-state index in [1.165, 1.54) is 44.5 Å². The van der Waals surface area contributed by atoms with Gasteiger partial charge in [-0.25, -0.2) is 0 Å². The van der Waals surface area contributed by atoms with Gasteiger partial charge < -0.3 is 5.32 Å². The molecule has 2 fully saturated rings. The Morgan fingerprint density at radius 1 is 1.26 bits per heavy atom. The first-order valence-corrected chi connectivity index (χ1v) is 7.84. The molecule has 19 heavy (non-hydrogen) atoms. The van der Waals surface area contributed by atoms with Gasteiger partial charge in [-0.15, -0.1) is 0 Å². The molecule has 1 heterocycles. The second-order valence-electron chi connectivity index (χ2n) is 6.27. The molecule has 0 aromatic heterocycles. The van der Waals surface area contributed by atoms with Crippen molar-refractivity contribution in [2.24, 2.45) is 5.92 Å². The Labute approximate surface area is 117 Å². The van der Waals surface area contributed by atoms with Crippen molar-refractivity contribution in [1.29, 1.82) is 0 Å². The van der Waals surface area contributed by atoms with Gasteiger partial charge in [-0.3, -0.25) is 4.90 Å². The van der Waals surface area contributed by atoms with Gasteiger partial charge in [-0.05, 0) is 57.2 Å². The number of nitrogens with zero attached hydrogens (tertiary/aromatic N) is 1. The maximum atomic E-state index is 3.73. The lowest BCUT2D eigenvalue weighted by Crippen LogP contribution is -2.43. The normalized spacial score (nSPS) is 26.9. The summed E-state index contributed by atoms with van der Waals surface area (Å²) in [7, 11) is 0. The summed E-state index contributed by atoms with van der Waals surface area (Å²) in [5.41, 5.74) is 1.46. The molecule has 1 saturated carbocycles. The summed E-state index contributed by atoms with van der Waals surface area (Å²) in [6.07, 6.45) is 5.36. The van der Waals surface area contributed by atoms with Gasteiger partial charge in [0.1, 0.15) is 0 Å². The van der Waals surface area contributed by atoms with E-state index in [4.69, 9.17) is 0 Å². The molecule has 1 aliphatic heterocycles. The summed E-state index contributed by atoms with van der Waals surface area (Å²) in [5, 5.41) is 3.73. The molecular formula is C17H26N2. The smallest absolute Gasteiger partial charge is 0.0235 e. The van der Waals surface area contributed by atoms with Crippen LogP contribution >= 0.6 is 0 Å². The number of hydrogen-bond donors (Lipinski definition) is 1. The monoisotopic (exact) mass is 258 g/mol. The molecule has 1 aromatic carbocycles. The first kappa shape index (κ1) is 13.1. The van der Waals surface area contributed by atoms with Gasteiger partial charge in [0.05, 0.1) is 0 Å². The van der Waals surface area contributed by atoms with Crippen molar-refractivity contribution in [1.82, 2.24) is 10.2 Å². The molecule has 3 rings (SSSR count). The lowest BCUT2D eigenvalue weighted by Gasteiger charge is -2.30. The highest BCUT2D eigenvalue weighted by Gasteiger charge is 2.33. The van der Waals surface area contributed by atoms with Crippen LogP contribution in [0.5, 0.6) is 0 Å². The summed E-state index contributed by atoms with van der Waals surface area (Å²) in [6.45, 7) is 6.09. The molecule has 0 spiro atoms. The minimum Gasteiger partial charge on any atom is -0.312 e. The third-order valence-electron chi connectivity index (χ3n) is 4.72. The Morgan fingerprint density at radius 2 is 2.05 bits per heavy atom. The van der Waals surface area contributed by atoms with Crippen LogP contribution in [0.1, 0.15) is 31.7 Å². The van der Waals surface area contributed by atoms with E-state index in [1.807, 2.05) is 0 Å². The average Bonchev–Trinajstić information content (AvgIpc) is 3.27. The summed E-state index contributed by atoms with van der Waals surface area (Å²) in [5.74, 6) is 0.982. The molecule has 2 heteroatoms. The topological polar surface area (TPSA) is 15.3 Å². The van der Waals surface area contributed by atoms with Gasteiger partial charge in [-0.2, -0.15) is 0 Å². The Kier molecular flexibility index (Phi) is 4.19. The van der Waals surface area contributed by atoms with E-state index in [2.05, 4.69) is 47.5 Å². The highest BCUT2D eigenvalue weighted by molar-refractivity contribution is 5.16. The van der Waals surface area contributed by atoms with Crippen LogP contribution in [0.15, 0.2) is 30.3 Å². The van der Waals surface area contributed by atoms with Crippen LogP contribution in [0.4, 0.5) is 0 Å². The zero-order valence-corrected chi connectivity index (χ0v) is 12.0. The van der Waals surface area contributed by atoms with E-state index in [-0.39, 0.29) is 0 Å². The molecule has 1 aromatic rings. The van der Waals surface area contributed by atoms with Crippen molar-refractivity contribution in [3.63, 3.8) is 0 Å². The fraction of sp³-hybridized carbons (Fsp3) is 0.647. The molecule has 0 radical (unpaired) electrons. The maximum absolute atomic E-state index is 3.73. The Hall–Kier alpha value is -0.860. The number of nitrogens with one attached hydrogen (secondary N) is 1.